The lowest BCUT2D eigenvalue weighted by Crippen LogP contribution is -2.01. The molecule has 1 aliphatic heterocycles. The minimum absolute atomic E-state index is 0.847. The molecule has 0 spiro atoms. The molecule has 1 nitrogen and oxygen atoms in total. The third-order valence-corrected chi connectivity index (χ3v) is 1.81. The van der Waals surface area contributed by atoms with Gasteiger partial charge in [0, 0.05) is 13.1 Å². The molecule has 1 heterocycles. The van der Waals surface area contributed by atoms with E-state index >= 15 is 0 Å². The molecule has 0 bridgehead atoms. The van der Waals surface area contributed by atoms with Gasteiger partial charge in [-0.05, 0) is 11.8 Å². The van der Waals surface area contributed by atoms with E-state index < -0.39 is 0 Å². The molecule has 0 aromatic rings. The van der Waals surface area contributed by atoms with E-state index in [0.29, 0.717) is 0 Å². The Kier molecular flexibility index (Phi) is 1.33. The van der Waals surface area contributed by atoms with Gasteiger partial charge in [-0.3, -0.25) is 0 Å². The zero-order chi connectivity index (χ0) is 5.28. The van der Waals surface area contributed by atoms with Crippen LogP contribution in [0.25, 0.3) is 0 Å². The quantitative estimate of drug-likeness (QED) is 0.427. The molecule has 1 fully saturated rings. The van der Waals surface area contributed by atoms with Crippen molar-refractivity contribution < 1.29 is 0 Å². The van der Waals surface area contributed by atoms with E-state index in [9.17, 15) is 0 Å². The Bertz CT molecular complexity index is 53.2. The number of hydrogen-bond acceptors (Lipinski definition) is 0. The van der Waals surface area contributed by atoms with Gasteiger partial charge in [0.25, 0.3) is 0 Å². The van der Waals surface area contributed by atoms with E-state index in [2.05, 4.69) is 19.2 Å². The Morgan fingerprint density at radius 3 is 1.71 bits per heavy atom. The third-order valence-electron chi connectivity index (χ3n) is 1.81. The van der Waals surface area contributed by atoms with Crippen LogP contribution in [-0.2, 0) is 0 Å². The minimum atomic E-state index is 0.847. The van der Waals surface area contributed by atoms with Crippen LogP contribution in [0.3, 0.4) is 0 Å². The lowest BCUT2D eigenvalue weighted by molar-refractivity contribution is 0.494. The van der Waals surface area contributed by atoms with Gasteiger partial charge in [0.15, 0.2) is 0 Å². The molecule has 1 heteroatoms. The standard InChI is InChI=1S/C6H12N/c1-5-3-7-4-6(5)2/h5-6H,3-4H2,1-2H3/t5-,6+. The van der Waals surface area contributed by atoms with Crippen molar-refractivity contribution in [1.82, 2.24) is 5.32 Å². The fourth-order valence-electron chi connectivity index (χ4n) is 0.842. The van der Waals surface area contributed by atoms with E-state index in [1.807, 2.05) is 0 Å². The Morgan fingerprint density at radius 1 is 1.14 bits per heavy atom. The lowest BCUT2D eigenvalue weighted by atomic mass is 10.0. The highest BCUT2D eigenvalue weighted by Gasteiger charge is 2.18. The fourth-order valence-corrected chi connectivity index (χ4v) is 0.842. The summed E-state index contributed by atoms with van der Waals surface area (Å²) in [5.74, 6) is 1.69. The van der Waals surface area contributed by atoms with Crippen LogP contribution in [-0.4, -0.2) is 13.1 Å². The van der Waals surface area contributed by atoms with Crippen molar-refractivity contribution in [3.05, 3.63) is 0 Å². The van der Waals surface area contributed by atoms with E-state index in [1.165, 1.54) is 0 Å². The average Bonchev–Trinajstić information content (AvgIpc) is 1.91. The summed E-state index contributed by atoms with van der Waals surface area (Å²) in [5.41, 5.74) is 0. The molecule has 7 heavy (non-hydrogen) atoms. The Balaban J connectivity index is 2.33. The van der Waals surface area contributed by atoms with Crippen LogP contribution in [0.5, 0.6) is 0 Å². The van der Waals surface area contributed by atoms with Crippen LogP contribution < -0.4 is 5.32 Å². The van der Waals surface area contributed by atoms with Crippen LogP contribution in [0, 0.1) is 11.8 Å². The molecule has 1 radical (unpaired) electrons. The zero-order valence-corrected chi connectivity index (χ0v) is 5.02. The van der Waals surface area contributed by atoms with Crippen molar-refractivity contribution in [2.75, 3.05) is 13.1 Å². The van der Waals surface area contributed by atoms with Gasteiger partial charge in [0.05, 0.1) is 0 Å². The molecular weight excluding hydrogens is 86.1 g/mol. The molecule has 1 rings (SSSR count). The summed E-state index contributed by atoms with van der Waals surface area (Å²) in [6.45, 7) is 6.73. The normalized spacial score (nSPS) is 42.0. The Morgan fingerprint density at radius 2 is 1.57 bits per heavy atom. The van der Waals surface area contributed by atoms with Crippen LogP contribution in [0.1, 0.15) is 13.8 Å². The van der Waals surface area contributed by atoms with Gasteiger partial charge in [-0.1, -0.05) is 13.8 Å². The Labute approximate surface area is 45.1 Å². The maximum absolute atomic E-state index is 4.25. The minimum Gasteiger partial charge on any atom is -0.241 e. The topological polar surface area (TPSA) is 14.1 Å². The molecule has 1 saturated heterocycles. The highest BCUT2D eigenvalue weighted by atomic mass is 14.9. The van der Waals surface area contributed by atoms with Crippen molar-refractivity contribution in [1.29, 1.82) is 0 Å². The summed E-state index contributed by atoms with van der Waals surface area (Å²) in [6, 6.07) is 0. The first-order valence-electron chi connectivity index (χ1n) is 2.94. The van der Waals surface area contributed by atoms with Gasteiger partial charge < -0.3 is 0 Å². The van der Waals surface area contributed by atoms with Crippen LogP contribution in [0.15, 0.2) is 0 Å². The SMILES string of the molecule is C[C@@H]1C[N]C[C@@H]1C. The molecule has 2 atom stereocenters. The molecule has 0 aromatic carbocycles. The smallest absolute Gasteiger partial charge is 0.0162 e. The second kappa shape index (κ2) is 1.83. The Hall–Kier alpha value is -0.0400. The van der Waals surface area contributed by atoms with Gasteiger partial charge in [-0.25, -0.2) is 5.32 Å². The van der Waals surface area contributed by atoms with Crippen molar-refractivity contribution in [2.45, 2.75) is 13.8 Å². The maximum Gasteiger partial charge on any atom is 0.0162 e. The van der Waals surface area contributed by atoms with Crippen molar-refractivity contribution >= 4 is 0 Å². The summed E-state index contributed by atoms with van der Waals surface area (Å²) >= 11 is 0. The summed E-state index contributed by atoms with van der Waals surface area (Å²) in [5, 5.41) is 4.25. The molecule has 0 N–H and O–H groups in total. The van der Waals surface area contributed by atoms with Gasteiger partial charge in [-0.2, -0.15) is 0 Å². The highest BCUT2D eigenvalue weighted by molar-refractivity contribution is 4.72. The first-order valence-corrected chi connectivity index (χ1v) is 2.94. The summed E-state index contributed by atoms with van der Waals surface area (Å²) in [4.78, 5) is 0. The van der Waals surface area contributed by atoms with Crippen LogP contribution in [0.4, 0.5) is 0 Å². The van der Waals surface area contributed by atoms with E-state index in [4.69, 9.17) is 0 Å². The molecule has 0 aliphatic carbocycles. The van der Waals surface area contributed by atoms with Gasteiger partial charge in [0.2, 0.25) is 0 Å². The van der Waals surface area contributed by atoms with Crippen molar-refractivity contribution in [3.8, 4) is 0 Å². The molecule has 0 amide bonds. The van der Waals surface area contributed by atoms with E-state index in [-0.39, 0.29) is 0 Å². The number of hydrogen-bond donors (Lipinski definition) is 0. The van der Waals surface area contributed by atoms with E-state index in [0.717, 1.165) is 24.9 Å². The monoisotopic (exact) mass is 98.1 g/mol. The van der Waals surface area contributed by atoms with Crippen LogP contribution >= 0.6 is 0 Å². The number of nitrogens with zero attached hydrogens (tertiary/aromatic N) is 1. The molecule has 1 aliphatic rings. The third kappa shape index (κ3) is 0.942. The highest BCUT2D eigenvalue weighted by Crippen LogP contribution is 2.14. The first-order chi connectivity index (χ1) is 3.30. The second-order valence-electron chi connectivity index (χ2n) is 2.54. The predicted molar refractivity (Wildman–Crippen MR) is 30.2 cm³/mol. The predicted octanol–water partition coefficient (Wildman–Crippen LogP) is 0.877. The van der Waals surface area contributed by atoms with E-state index in [1.54, 1.807) is 0 Å². The number of rotatable bonds is 0. The average molecular weight is 98.2 g/mol. The van der Waals surface area contributed by atoms with Gasteiger partial charge in [0.1, 0.15) is 0 Å². The lowest BCUT2D eigenvalue weighted by Gasteiger charge is -2.02. The summed E-state index contributed by atoms with van der Waals surface area (Å²) in [7, 11) is 0. The zero-order valence-electron chi connectivity index (χ0n) is 5.02. The van der Waals surface area contributed by atoms with Gasteiger partial charge in [-0.15, -0.1) is 0 Å². The molecule has 0 aromatic heterocycles. The van der Waals surface area contributed by atoms with Crippen molar-refractivity contribution in [3.63, 3.8) is 0 Å². The van der Waals surface area contributed by atoms with Gasteiger partial charge >= 0.3 is 0 Å². The first kappa shape index (κ1) is 5.10. The fraction of sp³-hybridized carbons (Fsp3) is 1.00. The molecule has 0 saturated carbocycles. The van der Waals surface area contributed by atoms with Crippen LogP contribution in [0.2, 0.25) is 0 Å². The largest absolute Gasteiger partial charge is 0.241 e. The second-order valence-corrected chi connectivity index (χ2v) is 2.54. The summed E-state index contributed by atoms with van der Waals surface area (Å²) < 4.78 is 0. The molecule has 0 unspecified atom stereocenters. The molecule has 41 valence electrons. The molecular formula is C6H12N. The van der Waals surface area contributed by atoms with Crippen molar-refractivity contribution in [2.24, 2.45) is 11.8 Å². The summed E-state index contributed by atoms with van der Waals surface area (Å²) in [6.07, 6.45) is 0. The maximum atomic E-state index is 4.25.